The fourth-order valence-electron chi connectivity index (χ4n) is 6.09. The Morgan fingerprint density at radius 2 is 1.69 bits per heavy atom. The molecule has 0 saturated carbocycles. The highest BCUT2D eigenvalue weighted by Gasteiger charge is 2.27. The molecule has 0 spiro atoms. The first-order valence-electron chi connectivity index (χ1n) is 13.8. The number of rotatable bonds is 7. The number of piperazine rings is 1. The molecule has 1 N–H and O–H groups in total. The van der Waals surface area contributed by atoms with E-state index < -0.39 is 0 Å². The van der Waals surface area contributed by atoms with Crippen LogP contribution in [0.1, 0.15) is 66.2 Å². The maximum atomic E-state index is 5.35. The van der Waals surface area contributed by atoms with E-state index in [-0.39, 0.29) is 0 Å². The van der Waals surface area contributed by atoms with Gasteiger partial charge in [0.2, 0.25) is 0 Å². The third-order valence-corrected chi connectivity index (χ3v) is 8.11. The average molecular weight is 484 g/mol. The fourth-order valence-corrected chi connectivity index (χ4v) is 6.09. The molecule has 3 aromatic rings. The normalized spacial score (nSPS) is 17.9. The average Bonchev–Trinajstić information content (AvgIpc) is 2.93. The summed E-state index contributed by atoms with van der Waals surface area (Å²) in [6, 6.07) is 16.1. The molecule has 0 bridgehead atoms. The van der Waals surface area contributed by atoms with Crippen LogP contribution in [0.25, 0.3) is 11.4 Å². The first-order chi connectivity index (χ1) is 17.6. The molecule has 1 saturated heterocycles. The zero-order valence-electron chi connectivity index (χ0n) is 22.5. The lowest BCUT2D eigenvalue weighted by molar-refractivity contribution is 0.212. The van der Waals surface area contributed by atoms with Gasteiger partial charge in [0, 0.05) is 55.6 Å². The maximum Gasteiger partial charge on any atom is 0.162 e. The third kappa shape index (κ3) is 4.91. The second kappa shape index (κ2) is 11.1. The predicted molar refractivity (Wildman–Crippen MR) is 150 cm³/mol. The number of anilines is 1. The number of aromatic nitrogens is 2. The van der Waals surface area contributed by atoms with Crippen LogP contribution in [0.3, 0.4) is 0 Å². The monoisotopic (exact) mass is 483 g/mol. The van der Waals surface area contributed by atoms with Crippen LogP contribution in [0.15, 0.2) is 42.5 Å². The standard InChI is InChI=1S/C31H41N5/c1-5-23-12-9-13-24(6-2)29(23)30-33-22(3)27(31(34-30)36-19-17-32-18-20-36)21-35(4)28-16-10-14-25-11-7-8-15-26(25)28/h7-9,11-13,15,28,32H,5-6,10,14,16-21H2,1-4H3/t28-/m0/s1. The zero-order chi connectivity index (χ0) is 25.1. The largest absolute Gasteiger partial charge is 0.354 e. The Hall–Kier alpha value is -2.76. The molecule has 1 fully saturated rings. The van der Waals surface area contributed by atoms with Gasteiger partial charge in [-0.2, -0.15) is 0 Å². The molecular weight excluding hydrogens is 442 g/mol. The SMILES string of the molecule is CCc1cccc(CC)c1-c1nc(C)c(CN(C)[C@H]2CCCc3ccccc32)c(N2CCNCC2)n1. The highest BCUT2D eigenvalue weighted by Crippen LogP contribution is 2.36. The molecule has 1 aliphatic carbocycles. The highest BCUT2D eigenvalue weighted by atomic mass is 15.2. The molecule has 1 aliphatic heterocycles. The van der Waals surface area contributed by atoms with E-state index in [4.69, 9.17) is 9.97 Å². The summed E-state index contributed by atoms with van der Waals surface area (Å²) in [5.41, 5.74) is 9.30. The van der Waals surface area contributed by atoms with Crippen LogP contribution in [-0.2, 0) is 25.8 Å². The van der Waals surface area contributed by atoms with Gasteiger partial charge in [-0.1, -0.05) is 56.3 Å². The van der Waals surface area contributed by atoms with Gasteiger partial charge in [0.15, 0.2) is 5.82 Å². The molecule has 2 heterocycles. The molecule has 1 atom stereocenters. The van der Waals surface area contributed by atoms with E-state index in [0.717, 1.165) is 62.9 Å². The summed E-state index contributed by atoms with van der Waals surface area (Å²) < 4.78 is 0. The van der Waals surface area contributed by atoms with Gasteiger partial charge in [-0.15, -0.1) is 0 Å². The van der Waals surface area contributed by atoms with Gasteiger partial charge < -0.3 is 10.2 Å². The van der Waals surface area contributed by atoms with Gasteiger partial charge in [-0.3, -0.25) is 4.90 Å². The molecule has 190 valence electrons. The Bertz CT molecular complexity index is 1180. The van der Waals surface area contributed by atoms with Crippen molar-refractivity contribution in [2.75, 3.05) is 38.1 Å². The maximum absolute atomic E-state index is 5.35. The third-order valence-electron chi connectivity index (χ3n) is 8.11. The summed E-state index contributed by atoms with van der Waals surface area (Å²) in [6.07, 6.45) is 5.62. The van der Waals surface area contributed by atoms with Crippen LogP contribution >= 0.6 is 0 Å². The Balaban J connectivity index is 1.56. The van der Waals surface area contributed by atoms with Crippen molar-refractivity contribution in [1.29, 1.82) is 0 Å². The van der Waals surface area contributed by atoms with Crippen molar-refractivity contribution >= 4 is 5.82 Å². The van der Waals surface area contributed by atoms with Gasteiger partial charge in [-0.05, 0) is 68.3 Å². The minimum absolute atomic E-state index is 0.442. The molecule has 2 aliphatic rings. The van der Waals surface area contributed by atoms with Crippen molar-refractivity contribution in [3.8, 4) is 11.4 Å². The fraction of sp³-hybridized carbons (Fsp3) is 0.484. The summed E-state index contributed by atoms with van der Waals surface area (Å²) >= 11 is 0. The lowest BCUT2D eigenvalue weighted by Crippen LogP contribution is -2.44. The Morgan fingerprint density at radius 1 is 0.972 bits per heavy atom. The summed E-state index contributed by atoms with van der Waals surface area (Å²) in [5.74, 6) is 2.02. The van der Waals surface area contributed by atoms with E-state index >= 15 is 0 Å². The number of hydrogen-bond acceptors (Lipinski definition) is 5. The van der Waals surface area contributed by atoms with Crippen LogP contribution in [0.5, 0.6) is 0 Å². The molecule has 0 radical (unpaired) electrons. The predicted octanol–water partition coefficient (Wildman–Crippen LogP) is 5.50. The zero-order valence-corrected chi connectivity index (χ0v) is 22.5. The Labute approximate surface area is 217 Å². The van der Waals surface area contributed by atoms with E-state index in [1.807, 2.05) is 0 Å². The lowest BCUT2D eigenvalue weighted by Gasteiger charge is -2.35. The van der Waals surface area contributed by atoms with Gasteiger partial charge in [-0.25, -0.2) is 9.97 Å². The van der Waals surface area contributed by atoms with E-state index in [0.29, 0.717) is 6.04 Å². The highest BCUT2D eigenvalue weighted by molar-refractivity contribution is 5.68. The Kier molecular flexibility index (Phi) is 7.68. The number of hydrogen-bond donors (Lipinski definition) is 1. The summed E-state index contributed by atoms with van der Waals surface area (Å²) in [5, 5.41) is 3.51. The first kappa shape index (κ1) is 24.9. The van der Waals surface area contributed by atoms with Gasteiger partial charge in [0.25, 0.3) is 0 Å². The molecule has 5 rings (SSSR count). The number of aryl methyl sites for hydroxylation is 4. The molecule has 5 heteroatoms. The van der Waals surface area contributed by atoms with Crippen LogP contribution in [0.4, 0.5) is 5.82 Å². The molecule has 1 aromatic heterocycles. The lowest BCUT2D eigenvalue weighted by atomic mass is 9.87. The molecule has 36 heavy (non-hydrogen) atoms. The summed E-state index contributed by atoms with van der Waals surface area (Å²) in [4.78, 5) is 15.5. The molecule has 5 nitrogen and oxygen atoms in total. The van der Waals surface area contributed by atoms with E-state index in [9.17, 15) is 0 Å². The smallest absolute Gasteiger partial charge is 0.162 e. The molecule has 2 aromatic carbocycles. The Morgan fingerprint density at radius 3 is 2.42 bits per heavy atom. The van der Waals surface area contributed by atoms with E-state index in [2.05, 4.69) is 85.4 Å². The van der Waals surface area contributed by atoms with Crippen LogP contribution in [-0.4, -0.2) is 48.1 Å². The van der Waals surface area contributed by atoms with E-state index in [1.165, 1.54) is 52.6 Å². The quantitative estimate of drug-likeness (QED) is 0.481. The van der Waals surface area contributed by atoms with Crippen molar-refractivity contribution < 1.29 is 0 Å². The minimum Gasteiger partial charge on any atom is -0.354 e. The second-order valence-electron chi connectivity index (χ2n) is 10.4. The van der Waals surface area contributed by atoms with Crippen LogP contribution < -0.4 is 10.2 Å². The van der Waals surface area contributed by atoms with Gasteiger partial charge >= 0.3 is 0 Å². The second-order valence-corrected chi connectivity index (χ2v) is 10.4. The van der Waals surface area contributed by atoms with Crippen molar-refractivity contribution in [1.82, 2.24) is 20.2 Å². The summed E-state index contributed by atoms with van der Waals surface area (Å²) in [7, 11) is 2.28. The van der Waals surface area contributed by atoms with Crippen molar-refractivity contribution in [2.45, 2.75) is 65.5 Å². The van der Waals surface area contributed by atoms with Gasteiger partial charge in [0.1, 0.15) is 5.82 Å². The summed E-state index contributed by atoms with van der Waals surface area (Å²) in [6.45, 7) is 11.5. The molecule has 0 unspecified atom stereocenters. The number of nitrogens with zero attached hydrogens (tertiary/aromatic N) is 4. The topological polar surface area (TPSA) is 44.3 Å². The van der Waals surface area contributed by atoms with Crippen molar-refractivity contribution in [2.24, 2.45) is 0 Å². The molecule has 0 amide bonds. The number of fused-ring (bicyclic) bond motifs is 1. The van der Waals surface area contributed by atoms with Crippen LogP contribution in [0, 0.1) is 6.92 Å². The first-order valence-corrected chi connectivity index (χ1v) is 13.8. The van der Waals surface area contributed by atoms with Gasteiger partial charge in [0.05, 0.1) is 0 Å². The van der Waals surface area contributed by atoms with Crippen LogP contribution in [0.2, 0.25) is 0 Å². The molecular formula is C31H41N5. The number of nitrogens with one attached hydrogen (secondary N) is 1. The van der Waals surface area contributed by atoms with Crippen molar-refractivity contribution in [3.05, 3.63) is 76.0 Å². The van der Waals surface area contributed by atoms with E-state index in [1.54, 1.807) is 0 Å². The number of benzene rings is 2. The van der Waals surface area contributed by atoms with Crippen molar-refractivity contribution in [3.63, 3.8) is 0 Å². The minimum atomic E-state index is 0.442.